The molecule has 0 unspecified atom stereocenters. The van der Waals surface area contributed by atoms with E-state index in [1.54, 1.807) is 0 Å². The van der Waals surface area contributed by atoms with Crippen LogP contribution < -0.4 is 28.4 Å². The predicted octanol–water partition coefficient (Wildman–Crippen LogP) is 4.87. The summed E-state index contributed by atoms with van der Waals surface area (Å²) >= 11 is 0. The zero-order valence-electron chi connectivity index (χ0n) is 30.9. The summed E-state index contributed by atoms with van der Waals surface area (Å²) in [7, 11) is 2.67. The van der Waals surface area contributed by atoms with Crippen LogP contribution in [0.4, 0.5) is 0 Å². The predicted molar refractivity (Wildman–Crippen MR) is 198 cm³/mol. The second-order valence-electron chi connectivity index (χ2n) is 12.3. The summed E-state index contributed by atoms with van der Waals surface area (Å²) < 4.78 is 54.7. The highest BCUT2D eigenvalue weighted by atomic mass is 16.7. The van der Waals surface area contributed by atoms with Crippen molar-refractivity contribution < 1.29 is 76.1 Å². The van der Waals surface area contributed by atoms with Crippen LogP contribution in [0.3, 0.4) is 0 Å². The first-order valence-electron chi connectivity index (χ1n) is 17.3. The van der Waals surface area contributed by atoms with Gasteiger partial charge in [0.05, 0.1) is 44.1 Å². The summed E-state index contributed by atoms with van der Waals surface area (Å²) in [6, 6.07) is 19.6. The van der Waals surface area contributed by atoms with E-state index in [1.807, 2.05) is 0 Å². The van der Waals surface area contributed by atoms with Crippen LogP contribution in [0.25, 0.3) is 0 Å². The zero-order valence-corrected chi connectivity index (χ0v) is 30.9. The third kappa shape index (κ3) is 9.38. The van der Waals surface area contributed by atoms with Crippen LogP contribution in [0.1, 0.15) is 41.4 Å². The Labute approximate surface area is 330 Å². The number of carbonyl (C=O) groups excluding carboxylic acids is 6. The molecule has 58 heavy (non-hydrogen) atoms. The van der Waals surface area contributed by atoms with Gasteiger partial charge in [-0.15, -0.1) is 0 Å². The summed E-state index contributed by atoms with van der Waals surface area (Å²) in [5.41, 5.74) is 0.449. The molecule has 0 amide bonds. The molecule has 0 aromatic heterocycles. The van der Waals surface area contributed by atoms with E-state index in [1.165, 1.54) is 99.1 Å². The van der Waals surface area contributed by atoms with Crippen LogP contribution in [0.2, 0.25) is 0 Å². The number of ether oxygens (including phenoxy) is 10. The Morgan fingerprint density at radius 1 is 0.517 bits per heavy atom. The number of hydrogen-bond donors (Lipinski definition) is 0. The molecule has 2 aliphatic rings. The molecule has 2 saturated heterocycles. The molecule has 2 fully saturated rings. The van der Waals surface area contributed by atoms with Gasteiger partial charge in [0.25, 0.3) is 0 Å². The highest BCUT2D eigenvalue weighted by Gasteiger charge is 2.51. The Balaban J connectivity index is 1.02. The van der Waals surface area contributed by atoms with Crippen molar-refractivity contribution in [3.8, 4) is 34.5 Å². The normalized spacial score (nSPS) is 17.8. The fourth-order valence-corrected chi connectivity index (χ4v) is 5.78. The van der Waals surface area contributed by atoms with Crippen LogP contribution in [-0.2, 0) is 28.5 Å². The number of methoxy groups -OCH3 is 2. The quantitative estimate of drug-likeness (QED) is 0.0952. The van der Waals surface area contributed by atoms with Gasteiger partial charge in [-0.05, 0) is 78.9 Å². The van der Waals surface area contributed by atoms with Crippen LogP contribution in [0, 0.1) is 0 Å². The Hall–Kier alpha value is -7.30. The molecular formula is C42H34O16. The summed E-state index contributed by atoms with van der Waals surface area (Å²) in [5, 5.41) is 0. The van der Waals surface area contributed by atoms with Gasteiger partial charge in [-0.1, -0.05) is 13.2 Å². The zero-order chi connectivity index (χ0) is 41.3. The molecule has 0 saturated carbocycles. The van der Waals surface area contributed by atoms with E-state index >= 15 is 0 Å². The van der Waals surface area contributed by atoms with Crippen molar-refractivity contribution in [3.63, 3.8) is 0 Å². The topological polar surface area (TPSA) is 195 Å². The highest BCUT2D eigenvalue weighted by molar-refractivity contribution is 5.95. The van der Waals surface area contributed by atoms with Gasteiger partial charge in [-0.25, -0.2) is 28.8 Å². The largest absolute Gasteiger partial charge is 0.496 e. The lowest BCUT2D eigenvalue weighted by Gasteiger charge is -2.18. The molecule has 4 aromatic carbocycles. The van der Waals surface area contributed by atoms with E-state index in [-0.39, 0.29) is 70.0 Å². The fraction of sp³-hybridized carbons (Fsp3) is 0.190. The second-order valence-corrected chi connectivity index (χ2v) is 12.3. The van der Waals surface area contributed by atoms with Gasteiger partial charge in [0.1, 0.15) is 40.8 Å². The average Bonchev–Trinajstić information content (AvgIpc) is 3.83. The van der Waals surface area contributed by atoms with Crippen molar-refractivity contribution in [2.45, 2.75) is 24.4 Å². The first-order chi connectivity index (χ1) is 28.0. The van der Waals surface area contributed by atoms with Gasteiger partial charge in [0.15, 0.2) is 23.7 Å². The van der Waals surface area contributed by atoms with Crippen LogP contribution in [-0.4, -0.2) is 87.7 Å². The number of carbonyl (C=O) groups is 6. The summed E-state index contributed by atoms with van der Waals surface area (Å²) in [4.78, 5) is 74.8. The molecule has 0 N–H and O–H groups in total. The van der Waals surface area contributed by atoms with Crippen molar-refractivity contribution in [2.75, 3.05) is 27.4 Å². The third-order valence-electron chi connectivity index (χ3n) is 8.64. The summed E-state index contributed by atoms with van der Waals surface area (Å²) in [5.74, 6) is -3.57. The Morgan fingerprint density at radius 3 is 1.52 bits per heavy atom. The van der Waals surface area contributed by atoms with Crippen molar-refractivity contribution >= 4 is 35.8 Å². The van der Waals surface area contributed by atoms with E-state index < -0.39 is 60.2 Å². The van der Waals surface area contributed by atoms with Crippen molar-refractivity contribution in [3.05, 3.63) is 132 Å². The van der Waals surface area contributed by atoms with Crippen LogP contribution >= 0.6 is 0 Å². The molecule has 0 aliphatic carbocycles. The minimum atomic E-state index is -0.857. The number of fused-ring (bicyclic) bond motifs is 1. The van der Waals surface area contributed by atoms with Crippen molar-refractivity contribution in [1.29, 1.82) is 0 Å². The molecule has 0 spiro atoms. The highest BCUT2D eigenvalue weighted by Crippen LogP contribution is 2.34. The van der Waals surface area contributed by atoms with Gasteiger partial charge in [0.2, 0.25) is 0 Å². The molecular weight excluding hydrogens is 760 g/mol. The minimum Gasteiger partial charge on any atom is -0.496 e. The standard InChI is InChI=1S/C42H34O16/c1-5-35(43)53-26-12-7-23(8-13-26)39(45)55-28-16-17-29(31(20-28)49-3)42(48)58-34-22-52-37-33(21-51-38(34)37)57-41(47)25-11-18-30(32(19-25)50-4)56-40(46)24-9-14-27(15-10-24)54-36(44)6-2/h5-20,33-34,37-38H,1-2,21-22H2,3-4H3/t33-,34-,37-,38-/m1/s1. The van der Waals surface area contributed by atoms with Crippen LogP contribution in [0.15, 0.2) is 110 Å². The maximum Gasteiger partial charge on any atom is 0.343 e. The molecule has 4 aromatic rings. The van der Waals surface area contributed by atoms with E-state index in [4.69, 9.17) is 47.4 Å². The molecule has 298 valence electrons. The van der Waals surface area contributed by atoms with Gasteiger partial charge in [-0.2, -0.15) is 0 Å². The Kier molecular flexibility index (Phi) is 12.6. The van der Waals surface area contributed by atoms with Crippen LogP contribution in [0.5, 0.6) is 34.5 Å². The SMILES string of the molecule is C=CC(=O)Oc1ccc(C(=O)Oc2ccc(C(=O)O[C@@H]3CO[C@H]4[C@@H]3OC[C@H]4OC(=O)c3ccc(OC(=O)c4ccc(OC(=O)C=C)cc4)c(OC)c3)c(OC)c2)cc1. The first kappa shape index (κ1) is 40.4. The summed E-state index contributed by atoms with van der Waals surface area (Å²) in [6.07, 6.45) is -1.18. The van der Waals surface area contributed by atoms with E-state index in [0.29, 0.717) is 0 Å². The van der Waals surface area contributed by atoms with Crippen molar-refractivity contribution in [2.24, 2.45) is 0 Å². The molecule has 2 heterocycles. The molecule has 2 aliphatic heterocycles. The lowest BCUT2D eigenvalue weighted by atomic mass is 10.1. The number of benzene rings is 4. The van der Waals surface area contributed by atoms with E-state index in [2.05, 4.69) is 13.2 Å². The fourth-order valence-electron chi connectivity index (χ4n) is 5.78. The molecule has 6 rings (SSSR count). The van der Waals surface area contributed by atoms with Gasteiger partial charge in [0, 0.05) is 18.2 Å². The molecule has 16 nitrogen and oxygen atoms in total. The Morgan fingerprint density at radius 2 is 1.00 bits per heavy atom. The maximum atomic E-state index is 13.3. The van der Waals surface area contributed by atoms with E-state index in [0.717, 1.165) is 12.2 Å². The third-order valence-corrected chi connectivity index (χ3v) is 8.64. The first-order valence-corrected chi connectivity index (χ1v) is 17.3. The smallest absolute Gasteiger partial charge is 0.343 e. The number of hydrogen-bond acceptors (Lipinski definition) is 16. The van der Waals surface area contributed by atoms with Crippen molar-refractivity contribution in [1.82, 2.24) is 0 Å². The van der Waals surface area contributed by atoms with Gasteiger partial charge < -0.3 is 47.4 Å². The van der Waals surface area contributed by atoms with Gasteiger partial charge in [-0.3, -0.25) is 0 Å². The lowest BCUT2D eigenvalue weighted by Crippen LogP contribution is -2.36. The summed E-state index contributed by atoms with van der Waals surface area (Å²) in [6.45, 7) is 6.57. The number of esters is 6. The molecule has 4 atom stereocenters. The minimum absolute atomic E-state index is 0.0313. The molecule has 0 bridgehead atoms. The van der Waals surface area contributed by atoms with E-state index in [9.17, 15) is 28.8 Å². The average molecular weight is 795 g/mol. The maximum absolute atomic E-state index is 13.3. The molecule has 16 heteroatoms. The number of rotatable bonds is 14. The van der Waals surface area contributed by atoms with Gasteiger partial charge >= 0.3 is 35.8 Å². The second kappa shape index (κ2) is 18.1. The lowest BCUT2D eigenvalue weighted by molar-refractivity contribution is -0.129. The monoisotopic (exact) mass is 794 g/mol. The molecule has 0 radical (unpaired) electrons. The Bertz CT molecular complexity index is 2240.